The van der Waals surface area contributed by atoms with Crippen LogP contribution in [0, 0.1) is 6.92 Å². The quantitative estimate of drug-likeness (QED) is 0.443. The first-order valence-electron chi connectivity index (χ1n) is 10.0. The number of fused-ring (bicyclic) bond motifs is 1. The highest BCUT2D eigenvalue weighted by Gasteiger charge is 2.30. The summed E-state index contributed by atoms with van der Waals surface area (Å²) in [5.74, 6) is 0.806. The molecule has 2 aliphatic rings. The van der Waals surface area contributed by atoms with Crippen LogP contribution in [0.1, 0.15) is 70.6 Å². The molecule has 1 aromatic carbocycles. The number of benzene rings is 1. The van der Waals surface area contributed by atoms with Crippen LogP contribution < -0.4 is 5.32 Å². The van der Waals surface area contributed by atoms with Crippen LogP contribution in [0.4, 0.5) is 0 Å². The van der Waals surface area contributed by atoms with Crippen molar-refractivity contribution in [3.05, 3.63) is 52.5 Å². The first kappa shape index (κ1) is 19.9. The number of esters is 1. The number of carbonyl (C=O) groups is 2. The summed E-state index contributed by atoms with van der Waals surface area (Å²) in [4.78, 5) is 34.0. The summed E-state index contributed by atoms with van der Waals surface area (Å²) in [5.41, 5.74) is 3.49. The number of ether oxygens (including phenoxy) is 1. The van der Waals surface area contributed by atoms with Gasteiger partial charge in [0.25, 0.3) is 0 Å². The molecule has 1 heterocycles. The van der Waals surface area contributed by atoms with Gasteiger partial charge in [0.2, 0.25) is 5.91 Å². The van der Waals surface area contributed by atoms with Gasteiger partial charge in [0, 0.05) is 5.92 Å². The summed E-state index contributed by atoms with van der Waals surface area (Å²) >= 11 is 1.28. The summed E-state index contributed by atoms with van der Waals surface area (Å²) in [6.45, 7) is 1.79. The minimum atomic E-state index is -0.464. The molecule has 7 heteroatoms. The molecule has 0 saturated heterocycles. The fraction of sp³-hybridized carbons (Fsp3) is 0.455. The largest absolute Gasteiger partial charge is 0.465 e. The second kappa shape index (κ2) is 8.53. The van der Waals surface area contributed by atoms with Crippen molar-refractivity contribution >= 4 is 23.6 Å². The number of hydrogen-bond acceptors (Lipinski definition) is 6. The Morgan fingerprint density at radius 1 is 1.21 bits per heavy atom. The second-order valence-electron chi connectivity index (χ2n) is 7.61. The van der Waals surface area contributed by atoms with Crippen molar-refractivity contribution in [2.45, 2.75) is 56.0 Å². The smallest absolute Gasteiger partial charge is 0.342 e. The lowest BCUT2D eigenvalue weighted by Gasteiger charge is -2.26. The van der Waals surface area contributed by atoms with E-state index in [1.807, 2.05) is 12.1 Å². The maximum absolute atomic E-state index is 12.7. The zero-order valence-electron chi connectivity index (χ0n) is 16.7. The van der Waals surface area contributed by atoms with E-state index in [9.17, 15) is 9.59 Å². The molecule has 0 aliphatic heterocycles. The molecule has 1 fully saturated rings. The van der Waals surface area contributed by atoms with Gasteiger partial charge in [-0.1, -0.05) is 36.0 Å². The van der Waals surface area contributed by atoms with Gasteiger partial charge in [0.15, 0.2) is 0 Å². The molecule has 4 rings (SSSR count). The van der Waals surface area contributed by atoms with Gasteiger partial charge in [-0.3, -0.25) is 4.79 Å². The van der Waals surface area contributed by atoms with Gasteiger partial charge in [-0.2, -0.15) is 0 Å². The van der Waals surface area contributed by atoms with Crippen LogP contribution in [0.3, 0.4) is 0 Å². The van der Waals surface area contributed by atoms with E-state index in [0.29, 0.717) is 22.2 Å². The summed E-state index contributed by atoms with van der Waals surface area (Å²) < 4.78 is 4.91. The summed E-state index contributed by atoms with van der Waals surface area (Å²) in [5, 5.41) is 3.69. The maximum Gasteiger partial charge on any atom is 0.342 e. The van der Waals surface area contributed by atoms with E-state index < -0.39 is 5.97 Å². The lowest BCUT2D eigenvalue weighted by atomic mass is 9.88. The molecule has 1 saturated carbocycles. The number of thioether (sulfide) groups is 1. The Bertz CT molecular complexity index is 943. The van der Waals surface area contributed by atoms with E-state index in [2.05, 4.69) is 27.4 Å². The topological polar surface area (TPSA) is 81.2 Å². The molecule has 1 amide bonds. The number of methoxy groups -OCH3 is 1. The number of aromatic nitrogens is 2. The maximum atomic E-state index is 12.7. The fourth-order valence-corrected chi connectivity index (χ4v) is 4.69. The SMILES string of the molecule is COC(=O)c1c(C)nc(C2CC2)nc1SCC(=O)NC1CCCc2ccccc21. The third kappa shape index (κ3) is 4.45. The van der Waals surface area contributed by atoms with Gasteiger partial charge < -0.3 is 10.1 Å². The highest BCUT2D eigenvalue weighted by Crippen LogP contribution is 2.39. The summed E-state index contributed by atoms with van der Waals surface area (Å²) in [7, 11) is 1.35. The Hall–Kier alpha value is -2.41. The van der Waals surface area contributed by atoms with Gasteiger partial charge in [-0.15, -0.1) is 0 Å². The van der Waals surface area contributed by atoms with Gasteiger partial charge in [-0.25, -0.2) is 14.8 Å². The van der Waals surface area contributed by atoms with Gasteiger partial charge in [0.1, 0.15) is 16.4 Å². The minimum absolute atomic E-state index is 0.0438. The molecule has 0 spiro atoms. The lowest BCUT2D eigenvalue weighted by Crippen LogP contribution is -2.32. The fourth-order valence-electron chi connectivity index (χ4n) is 3.81. The molecule has 2 aromatic rings. The number of aryl methyl sites for hydroxylation is 2. The molecule has 2 aliphatic carbocycles. The van der Waals surface area contributed by atoms with Crippen LogP contribution in [-0.4, -0.2) is 34.7 Å². The monoisotopic (exact) mass is 411 g/mol. The average molecular weight is 412 g/mol. The number of carbonyl (C=O) groups excluding carboxylic acids is 2. The standard InChI is InChI=1S/C22H25N3O3S/c1-13-19(22(27)28-2)21(25-20(23-13)15-10-11-15)29-12-18(26)24-17-9-5-7-14-6-3-4-8-16(14)17/h3-4,6,8,15,17H,5,7,9-12H2,1-2H3,(H,24,26). The Labute approximate surface area is 174 Å². The van der Waals surface area contributed by atoms with E-state index in [1.165, 1.54) is 30.0 Å². The molecule has 0 radical (unpaired) electrons. The van der Waals surface area contributed by atoms with Crippen molar-refractivity contribution in [3.8, 4) is 0 Å². The number of hydrogen-bond donors (Lipinski definition) is 1. The van der Waals surface area contributed by atoms with Gasteiger partial charge in [-0.05, 0) is 50.2 Å². The van der Waals surface area contributed by atoms with E-state index in [4.69, 9.17) is 4.74 Å². The van der Waals surface area contributed by atoms with Crippen LogP contribution in [0.15, 0.2) is 29.3 Å². The van der Waals surface area contributed by atoms with Crippen LogP contribution in [-0.2, 0) is 16.0 Å². The summed E-state index contributed by atoms with van der Waals surface area (Å²) in [6.07, 6.45) is 5.21. The minimum Gasteiger partial charge on any atom is -0.465 e. The molecule has 6 nitrogen and oxygen atoms in total. The lowest BCUT2D eigenvalue weighted by molar-refractivity contribution is -0.119. The highest BCUT2D eigenvalue weighted by molar-refractivity contribution is 8.00. The molecule has 1 aromatic heterocycles. The van der Waals surface area contributed by atoms with Gasteiger partial charge >= 0.3 is 5.97 Å². The zero-order valence-corrected chi connectivity index (χ0v) is 17.6. The molecule has 1 N–H and O–H groups in total. The van der Waals surface area contributed by atoms with Crippen molar-refractivity contribution in [1.82, 2.24) is 15.3 Å². The molecule has 1 atom stereocenters. The van der Waals surface area contributed by atoms with Crippen molar-refractivity contribution < 1.29 is 14.3 Å². The Balaban J connectivity index is 1.47. The van der Waals surface area contributed by atoms with Crippen LogP contribution in [0.25, 0.3) is 0 Å². The Morgan fingerprint density at radius 3 is 2.76 bits per heavy atom. The molecular weight excluding hydrogens is 386 g/mol. The van der Waals surface area contributed by atoms with E-state index >= 15 is 0 Å². The number of nitrogens with one attached hydrogen (secondary N) is 1. The third-order valence-electron chi connectivity index (χ3n) is 5.45. The number of nitrogens with zero attached hydrogens (tertiary/aromatic N) is 2. The van der Waals surface area contributed by atoms with Crippen LogP contribution in [0.2, 0.25) is 0 Å². The predicted octanol–water partition coefficient (Wildman–Crippen LogP) is 3.73. The van der Waals surface area contributed by atoms with E-state index in [0.717, 1.165) is 37.9 Å². The molecule has 152 valence electrons. The Kier molecular flexibility index (Phi) is 5.85. The number of rotatable bonds is 6. The normalized spacial score (nSPS) is 18.1. The summed E-state index contributed by atoms with van der Waals surface area (Å²) in [6, 6.07) is 8.33. The van der Waals surface area contributed by atoms with Crippen molar-refractivity contribution in [2.75, 3.05) is 12.9 Å². The molecular formula is C22H25N3O3S. The van der Waals surface area contributed by atoms with Crippen LogP contribution in [0.5, 0.6) is 0 Å². The Morgan fingerprint density at radius 2 is 2.00 bits per heavy atom. The molecule has 0 bridgehead atoms. The average Bonchev–Trinajstić information content (AvgIpc) is 3.57. The van der Waals surface area contributed by atoms with Gasteiger partial charge in [0.05, 0.1) is 24.6 Å². The molecule has 29 heavy (non-hydrogen) atoms. The first-order valence-corrected chi connectivity index (χ1v) is 11.0. The van der Waals surface area contributed by atoms with E-state index in [1.54, 1.807) is 6.92 Å². The van der Waals surface area contributed by atoms with Crippen molar-refractivity contribution in [1.29, 1.82) is 0 Å². The van der Waals surface area contributed by atoms with Crippen molar-refractivity contribution in [3.63, 3.8) is 0 Å². The third-order valence-corrected chi connectivity index (χ3v) is 6.43. The highest BCUT2D eigenvalue weighted by atomic mass is 32.2. The molecule has 1 unspecified atom stereocenters. The van der Waals surface area contributed by atoms with E-state index in [-0.39, 0.29) is 17.7 Å². The predicted molar refractivity (Wildman–Crippen MR) is 111 cm³/mol. The first-order chi connectivity index (χ1) is 14.1. The second-order valence-corrected chi connectivity index (χ2v) is 8.58. The van der Waals surface area contributed by atoms with Crippen LogP contribution >= 0.6 is 11.8 Å². The van der Waals surface area contributed by atoms with Crippen molar-refractivity contribution in [2.24, 2.45) is 0 Å². The zero-order chi connectivity index (χ0) is 20.4. The number of amides is 1.